The molecule has 7 unspecified atom stereocenters. The summed E-state index contributed by atoms with van der Waals surface area (Å²) in [5.41, 5.74) is 3.06. The van der Waals surface area contributed by atoms with E-state index in [9.17, 15) is 9.59 Å². The van der Waals surface area contributed by atoms with E-state index in [2.05, 4.69) is 35.0 Å². The molecule has 2 aliphatic heterocycles. The van der Waals surface area contributed by atoms with Crippen LogP contribution in [0, 0.1) is 40.4 Å². The van der Waals surface area contributed by atoms with Crippen molar-refractivity contribution in [2.75, 3.05) is 39.8 Å². The Bertz CT molecular complexity index is 1210. The monoisotopic (exact) mass is 633 g/mol. The van der Waals surface area contributed by atoms with Gasteiger partial charge >= 0.3 is 0 Å². The zero-order valence-corrected chi connectivity index (χ0v) is 29.7. The Balaban J connectivity index is 0.00000182. The van der Waals surface area contributed by atoms with Crippen LogP contribution in [0.15, 0.2) is 18.2 Å². The number of aromatic nitrogens is 1. The van der Waals surface area contributed by atoms with Crippen molar-refractivity contribution in [2.45, 2.75) is 124 Å². The van der Waals surface area contributed by atoms with Gasteiger partial charge in [-0.1, -0.05) is 46.6 Å². The molecule has 7 heteroatoms. The fourth-order valence-corrected chi connectivity index (χ4v) is 11.6. The van der Waals surface area contributed by atoms with Crippen LogP contribution >= 0.6 is 0 Å². The first-order valence-corrected chi connectivity index (χ1v) is 19.2. The Morgan fingerprint density at radius 2 is 1.72 bits per heavy atom. The second-order valence-corrected chi connectivity index (χ2v) is 16.1. The van der Waals surface area contributed by atoms with E-state index in [0.29, 0.717) is 29.7 Å². The summed E-state index contributed by atoms with van der Waals surface area (Å²) in [5.74, 6) is 5.16. The molecule has 0 radical (unpaired) electrons. The van der Waals surface area contributed by atoms with Gasteiger partial charge in [-0.3, -0.25) is 24.8 Å². The number of hydrogen-bond donors (Lipinski definition) is 1. The minimum atomic E-state index is -0.148. The zero-order chi connectivity index (χ0) is 32.5. The third kappa shape index (κ3) is 6.41. The average molecular weight is 634 g/mol. The molecular formula is C39H63N5O2. The predicted molar refractivity (Wildman–Crippen MR) is 185 cm³/mol. The predicted octanol–water partition coefficient (Wildman–Crippen LogP) is 7.03. The number of fused-ring (bicyclic) bond motifs is 5. The highest BCUT2D eigenvalue weighted by Crippen LogP contribution is 2.67. The third-order valence-electron chi connectivity index (χ3n) is 14.2. The molecule has 0 bridgehead atoms. The summed E-state index contributed by atoms with van der Waals surface area (Å²) >= 11 is 0. The second-order valence-electron chi connectivity index (χ2n) is 16.1. The number of amides is 2. The van der Waals surface area contributed by atoms with Crippen molar-refractivity contribution in [3.8, 4) is 0 Å². The Morgan fingerprint density at radius 1 is 0.935 bits per heavy atom. The van der Waals surface area contributed by atoms with E-state index in [-0.39, 0.29) is 12.1 Å². The summed E-state index contributed by atoms with van der Waals surface area (Å²) in [6.45, 7) is 13.9. The summed E-state index contributed by atoms with van der Waals surface area (Å²) in [6.07, 6.45) is 17.6. The maximum absolute atomic E-state index is 13.3. The van der Waals surface area contributed by atoms with Crippen LogP contribution in [0.25, 0.3) is 0 Å². The van der Waals surface area contributed by atoms with Gasteiger partial charge in [0.2, 0.25) is 11.8 Å². The number of likely N-dealkylation sites (N-methyl/N-ethyl adjacent to an activating group) is 1. The summed E-state index contributed by atoms with van der Waals surface area (Å²) in [6, 6.07) is 6.10. The molecule has 4 saturated carbocycles. The molecule has 7 nitrogen and oxygen atoms in total. The maximum atomic E-state index is 13.3. The van der Waals surface area contributed by atoms with E-state index in [1.807, 2.05) is 33.0 Å². The van der Waals surface area contributed by atoms with Crippen molar-refractivity contribution in [1.82, 2.24) is 25.0 Å². The van der Waals surface area contributed by atoms with Gasteiger partial charge in [-0.2, -0.15) is 0 Å². The molecule has 7 rings (SSSR count). The van der Waals surface area contributed by atoms with Crippen LogP contribution < -0.4 is 5.32 Å². The van der Waals surface area contributed by atoms with Gasteiger partial charge in [0.15, 0.2) is 0 Å². The van der Waals surface area contributed by atoms with Crippen molar-refractivity contribution in [2.24, 2.45) is 40.4 Å². The van der Waals surface area contributed by atoms with Crippen LogP contribution in [0.5, 0.6) is 0 Å². The molecule has 256 valence electrons. The quantitative estimate of drug-likeness (QED) is 0.349. The fourth-order valence-electron chi connectivity index (χ4n) is 11.6. The average Bonchev–Trinajstić information content (AvgIpc) is 3.59. The van der Waals surface area contributed by atoms with E-state index in [4.69, 9.17) is 4.98 Å². The lowest BCUT2D eigenvalue weighted by Crippen LogP contribution is -2.52. The number of hydrogen-bond acceptors (Lipinski definition) is 5. The molecule has 8 atom stereocenters. The third-order valence-corrected chi connectivity index (χ3v) is 14.2. The molecule has 2 saturated heterocycles. The van der Waals surface area contributed by atoms with Crippen molar-refractivity contribution in [3.63, 3.8) is 0 Å². The van der Waals surface area contributed by atoms with Crippen LogP contribution in [0.1, 0.15) is 129 Å². The van der Waals surface area contributed by atoms with Gasteiger partial charge in [0.25, 0.3) is 0 Å². The lowest BCUT2D eigenvalue weighted by atomic mass is 9.45. The Kier molecular flexibility index (Phi) is 10.5. The summed E-state index contributed by atoms with van der Waals surface area (Å²) in [4.78, 5) is 36.3. The Hall–Kier alpha value is -1.99. The lowest BCUT2D eigenvalue weighted by molar-refractivity contribution is -0.133. The van der Waals surface area contributed by atoms with Gasteiger partial charge in [0, 0.05) is 46.2 Å². The highest BCUT2D eigenvalue weighted by atomic mass is 16.2. The number of pyridine rings is 1. The van der Waals surface area contributed by atoms with Crippen LogP contribution in [0.3, 0.4) is 0 Å². The fraction of sp³-hybridized carbons (Fsp3) is 0.821. The minimum absolute atomic E-state index is 0.0998. The number of nitrogens with zero attached hydrogens (tertiary/aromatic N) is 4. The molecule has 46 heavy (non-hydrogen) atoms. The van der Waals surface area contributed by atoms with Crippen molar-refractivity contribution < 1.29 is 9.59 Å². The van der Waals surface area contributed by atoms with Gasteiger partial charge in [-0.25, -0.2) is 0 Å². The van der Waals surface area contributed by atoms with Crippen LogP contribution in [-0.4, -0.2) is 71.3 Å². The first kappa shape index (κ1) is 33.9. The molecule has 6 aliphatic rings. The molecule has 2 amide bonds. The van der Waals surface area contributed by atoms with Crippen molar-refractivity contribution >= 4 is 11.8 Å². The molecule has 1 N–H and O–H groups in total. The van der Waals surface area contributed by atoms with E-state index >= 15 is 0 Å². The van der Waals surface area contributed by atoms with Gasteiger partial charge in [-0.05, 0) is 117 Å². The first-order chi connectivity index (χ1) is 22.3. The highest BCUT2D eigenvalue weighted by molar-refractivity contribution is 5.80. The SMILES string of the molecule is CC.CN1C(=O)CNC1c1cccc(CN2CCN(C(=O)CCCC3CCC4C5CCC6CCCC[C@]6(C)C5CCC34C)CC2)n1. The molecule has 4 aliphatic carbocycles. The highest BCUT2D eigenvalue weighted by Gasteiger charge is 2.59. The van der Waals surface area contributed by atoms with Gasteiger partial charge in [0.05, 0.1) is 17.9 Å². The largest absolute Gasteiger partial charge is 0.340 e. The second kappa shape index (κ2) is 14.2. The Labute approximate surface area is 279 Å². The van der Waals surface area contributed by atoms with Crippen LogP contribution in [-0.2, 0) is 16.1 Å². The zero-order valence-electron chi connectivity index (χ0n) is 29.7. The lowest BCUT2D eigenvalue weighted by Gasteiger charge is -2.60. The number of rotatable bonds is 7. The summed E-state index contributed by atoms with van der Waals surface area (Å²) in [5, 5.41) is 3.25. The van der Waals surface area contributed by atoms with Crippen LogP contribution in [0.2, 0.25) is 0 Å². The first-order valence-electron chi connectivity index (χ1n) is 19.2. The van der Waals surface area contributed by atoms with Gasteiger partial charge in [0.1, 0.15) is 6.17 Å². The standard InChI is InChI=1S/C37H57N5O2.C2H6/c1-36-18-5-4-8-26(36)13-15-29-30-16-14-27(37(30,2)19-17-31(29)36)9-6-12-33(43)42-22-20-41(21-23-42)25-28-10-7-11-32(39-28)35-38-24-34(44)40(35)3;1-2/h7,10-11,26-27,29-31,35,38H,4-6,8-9,12-25H2,1-3H3;1-2H3/t26?,27?,29?,30?,31?,35?,36-,37?;/m0./s1. The van der Waals surface area contributed by atoms with Crippen LogP contribution in [0.4, 0.5) is 0 Å². The molecule has 0 spiro atoms. The molecule has 3 heterocycles. The molecule has 6 fully saturated rings. The summed E-state index contributed by atoms with van der Waals surface area (Å²) in [7, 11) is 1.83. The topological polar surface area (TPSA) is 68.8 Å². The number of piperazine rings is 1. The number of carbonyl (C=O) groups is 2. The van der Waals surface area contributed by atoms with E-state index < -0.39 is 0 Å². The van der Waals surface area contributed by atoms with Gasteiger partial charge < -0.3 is 9.80 Å². The van der Waals surface area contributed by atoms with E-state index in [1.54, 1.807) is 4.90 Å². The number of carbonyl (C=O) groups excluding carboxylic acids is 2. The summed E-state index contributed by atoms with van der Waals surface area (Å²) < 4.78 is 0. The van der Waals surface area contributed by atoms with Crippen molar-refractivity contribution in [1.29, 1.82) is 0 Å². The normalized spacial score (nSPS) is 37.6. The molecule has 0 aromatic carbocycles. The minimum Gasteiger partial charge on any atom is -0.340 e. The van der Waals surface area contributed by atoms with E-state index in [1.165, 1.54) is 70.6 Å². The number of nitrogens with one attached hydrogen (secondary N) is 1. The molecule has 1 aromatic rings. The molecular weight excluding hydrogens is 570 g/mol. The molecule has 1 aromatic heterocycles. The van der Waals surface area contributed by atoms with Gasteiger partial charge in [-0.15, -0.1) is 0 Å². The Morgan fingerprint density at radius 3 is 2.48 bits per heavy atom. The van der Waals surface area contributed by atoms with E-state index in [0.717, 1.165) is 80.1 Å². The van der Waals surface area contributed by atoms with Crippen molar-refractivity contribution in [3.05, 3.63) is 29.6 Å². The maximum Gasteiger partial charge on any atom is 0.237 e. The smallest absolute Gasteiger partial charge is 0.237 e.